The Kier molecular flexibility index (Phi) is 2.20. The molecule has 2 aliphatic carbocycles. The topological polar surface area (TPSA) is 17.1 Å². The molecule has 1 saturated carbocycles. The number of hydrogen-bond donors (Lipinski definition) is 0. The Labute approximate surface area is 78.8 Å². The molecule has 13 heavy (non-hydrogen) atoms. The molecular formula is C12H14O. The smallest absolute Gasteiger partial charge is 0.156 e. The number of carbonyl (C=O) groups excluding carboxylic acids is 1. The highest BCUT2D eigenvalue weighted by Gasteiger charge is 2.28. The highest BCUT2D eigenvalue weighted by Crippen LogP contribution is 2.41. The molecule has 0 aliphatic heterocycles. The summed E-state index contributed by atoms with van der Waals surface area (Å²) in [6.07, 6.45) is 8.30. The molecule has 1 nitrogen and oxygen atoms in total. The summed E-state index contributed by atoms with van der Waals surface area (Å²) in [5.74, 6) is 0.957. The Balaban J connectivity index is 2.31. The van der Waals surface area contributed by atoms with Gasteiger partial charge in [-0.2, -0.15) is 0 Å². The van der Waals surface area contributed by atoms with Crippen molar-refractivity contribution in [3.05, 3.63) is 29.0 Å². The molecule has 0 saturated heterocycles. The van der Waals surface area contributed by atoms with Gasteiger partial charge in [0, 0.05) is 6.42 Å². The molecule has 0 N–H and O–H groups in total. The van der Waals surface area contributed by atoms with Crippen molar-refractivity contribution in [2.75, 3.05) is 0 Å². The SMILES string of the molecule is CC(=O)C1=C(C2CC2)CC=C=CC1. The van der Waals surface area contributed by atoms with E-state index < -0.39 is 0 Å². The molecule has 2 rings (SSSR count). The van der Waals surface area contributed by atoms with E-state index in [1.807, 2.05) is 12.2 Å². The number of carbonyl (C=O) groups is 1. The van der Waals surface area contributed by atoms with E-state index in [-0.39, 0.29) is 5.78 Å². The second-order valence-electron chi connectivity index (χ2n) is 3.82. The van der Waals surface area contributed by atoms with E-state index in [4.69, 9.17) is 0 Å². The summed E-state index contributed by atoms with van der Waals surface area (Å²) in [4.78, 5) is 11.4. The van der Waals surface area contributed by atoms with Crippen LogP contribution in [0.4, 0.5) is 0 Å². The van der Waals surface area contributed by atoms with Crippen LogP contribution in [0.3, 0.4) is 0 Å². The van der Waals surface area contributed by atoms with Crippen molar-refractivity contribution in [2.45, 2.75) is 32.6 Å². The first-order valence-electron chi connectivity index (χ1n) is 4.91. The van der Waals surface area contributed by atoms with Crippen LogP contribution in [0.2, 0.25) is 0 Å². The summed E-state index contributed by atoms with van der Waals surface area (Å²) in [6.45, 7) is 1.68. The van der Waals surface area contributed by atoms with Crippen molar-refractivity contribution in [3.8, 4) is 0 Å². The molecule has 2 aliphatic rings. The monoisotopic (exact) mass is 174 g/mol. The van der Waals surface area contributed by atoms with Gasteiger partial charge in [-0.15, -0.1) is 5.73 Å². The summed E-state index contributed by atoms with van der Waals surface area (Å²) in [6, 6.07) is 0. The van der Waals surface area contributed by atoms with E-state index in [0.717, 1.165) is 18.4 Å². The van der Waals surface area contributed by atoms with Crippen molar-refractivity contribution in [1.29, 1.82) is 0 Å². The zero-order valence-electron chi connectivity index (χ0n) is 7.97. The van der Waals surface area contributed by atoms with Gasteiger partial charge < -0.3 is 0 Å². The van der Waals surface area contributed by atoms with Gasteiger partial charge in [-0.25, -0.2) is 0 Å². The average Bonchev–Trinajstić information content (AvgIpc) is 2.91. The van der Waals surface area contributed by atoms with Crippen molar-refractivity contribution < 1.29 is 4.79 Å². The number of allylic oxidation sites excluding steroid dienone is 3. The van der Waals surface area contributed by atoms with Gasteiger partial charge in [0.1, 0.15) is 0 Å². The number of rotatable bonds is 2. The van der Waals surface area contributed by atoms with E-state index in [9.17, 15) is 4.79 Å². The van der Waals surface area contributed by atoms with E-state index in [1.165, 1.54) is 18.4 Å². The number of hydrogen-bond acceptors (Lipinski definition) is 1. The van der Waals surface area contributed by atoms with Crippen LogP contribution in [0, 0.1) is 5.92 Å². The third-order valence-corrected chi connectivity index (χ3v) is 2.75. The van der Waals surface area contributed by atoms with Crippen LogP contribution in [0.15, 0.2) is 29.0 Å². The van der Waals surface area contributed by atoms with E-state index in [2.05, 4.69) is 5.73 Å². The lowest BCUT2D eigenvalue weighted by molar-refractivity contribution is -0.113. The molecule has 0 unspecified atom stereocenters. The molecular weight excluding hydrogens is 160 g/mol. The van der Waals surface area contributed by atoms with E-state index in [1.54, 1.807) is 6.92 Å². The zero-order valence-corrected chi connectivity index (χ0v) is 7.97. The predicted octanol–water partition coefficient (Wildman–Crippen LogP) is 2.79. The second-order valence-corrected chi connectivity index (χ2v) is 3.82. The van der Waals surface area contributed by atoms with Gasteiger partial charge in [0.2, 0.25) is 0 Å². The van der Waals surface area contributed by atoms with Gasteiger partial charge in [-0.3, -0.25) is 4.79 Å². The van der Waals surface area contributed by atoms with Crippen molar-refractivity contribution >= 4 is 5.78 Å². The van der Waals surface area contributed by atoms with Crippen LogP contribution >= 0.6 is 0 Å². The van der Waals surface area contributed by atoms with E-state index in [0.29, 0.717) is 5.92 Å². The molecule has 68 valence electrons. The molecule has 0 aromatic heterocycles. The first kappa shape index (κ1) is 8.52. The first-order chi connectivity index (χ1) is 6.29. The molecule has 0 atom stereocenters. The Morgan fingerprint density at radius 1 is 1.38 bits per heavy atom. The quantitative estimate of drug-likeness (QED) is 0.588. The van der Waals surface area contributed by atoms with Crippen LogP contribution in [0.25, 0.3) is 0 Å². The lowest BCUT2D eigenvalue weighted by Crippen LogP contribution is -2.01. The third kappa shape index (κ3) is 1.81. The average molecular weight is 174 g/mol. The minimum atomic E-state index is 0.246. The molecule has 0 amide bonds. The summed E-state index contributed by atoms with van der Waals surface area (Å²) in [7, 11) is 0. The molecule has 0 spiro atoms. The van der Waals surface area contributed by atoms with Gasteiger partial charge in [-0.1, -0.05) is 5.57 Å². The minimum Gasteiger partial charge on any atom is -0.295 e. The summed E-state index contributed by atoms with van der Waals surface area (Å²) in [5.41, 5.74) is 5.53. The van der Waals surface area contributed by atoms with Crippen LogP contribution in [0.5, 0.6) is 0 Å². The van der Waals surface area contributed by atoms with Crippen molar-refractivity contribution in [2.24, 2.45) is 5.92 Å². The Bertz CT molecular complexity index is 323. The van der Waals surface area contributed by atoms with Gasteiger partial charge in [-0.05, 0) is 49.8 Å². The van der Waals surface area contributed by atoms with Gasteiger partial charge in [0.25, 0.3) is 0 Å². The van der Waals surface area contributed by atoms with Gasteiger partial charge >= 0.3 is 0 Å². The van der Waals surface area contributed by atoms with Gasteiger partial charge in [0.15, 0.2) is 5.78 Å². The maximum atomic E-state index is 11.4. The van der Waals surface area contributed by atoms with Crippen LogP contribution in [0.1, 0.15) is 32.6 Å². The van der Waals surface area contributed by atoms with Crippen LogP contribution in [-0.4, -0.2) is 5.78 Å². The van der Waals surface area contributed by atoms with Crippen LogP contribution < -0.4 is 0 Å². The summed E-state index contributed by atoms with van der Waals surface area (Å²) >= 11 is 0. The minimum absolute atomic E-state index is 0.246. The zero-order chi connectivity index (χ0) is 9.26. The number of ketones is 1. The van der Waals surface area contributed by atoms with Crippen LogP contribution in [-0.2, 0) is 4.79 Å². The lowest BCUT2D eigenvalue weighted by Gasteiger charge is -2.07. The fourth-order valence-corrected chi connectivity index (χ4v) is 1.88. The molecule has 1 fully saturated rings. The largest absolute Gasteiger partial charge is 0.295 e. The third-order valence-electron chi connectivity index (χ3n) is 2.75. The normalized spacial score (nSPS) is 21.9. The number of Topliss-reactive ketones (excluding diaryl/α,β-unsaturated/α-hetero) is 1. The summed E-state index contributed by atoms with van der Waals surface area (Å²) < 4.78 is 0. The molecule has 0 heterocycles. The van der Waals surface area contributed by atoms with Crippen molar-refractivity contribution in [1.82, 2.24) is 0 Å². The highest BCUT2D eigenvalue weighted by molar-refractivity contribution is 5.94. The first-order valence-corrected chi connectivity index (χ1v) is 4.91. The maximum absolute atomic E-state index is 11.4. The second kappa shape index (κ2) is 3.35. The Morgan fingerprint density at radius 2 is 2.08 bits per heavy atom. The molecule has 0 bridgehead atoms. The molecule has 1 heteroatoms. The maximum Gasteiger partial charge on any atom is 0.156 e. The van der Waals surface area contributed by atoms with E-state index >= 15 is 0 Å². The summed E-state index contributed by atoms with van der Waals surface area (Å²) in [5, 5.41) is 0. The predicted molar refractivity (Wildman–Crippen MR) is 52.3 cm³/mol. The fourth-order valence-electron chi connectivity index (χ4n) is 1.88. The fraction of sp³-hybridized carbons (Fsp3) is 0.500. The lowest BCUT2D eigenvalue weighted by atomic mass is 9.96. The van der Waals surface area contributed by atoms with Crippen molar-refractivity contribution in [3.63, 3.8) is 0 Å². The molecule has 0 aromatic rings. The highest BCUT2D eigenvalue weighted by atomic mass is 16.1. The Morgan fingerprint density at radius 3 is 2.69 bits per heavy atom. The standard InChI is InChI=1S/C12H14O/c1-9(13)11-5-3-2-4-6-12(11)10-7-8-10/h3-4,10H,5-8H2,1H3. The Hall–Kier alpha value is -1.07. The van der Waals surface area contributed by atoms with Gasteiger partial charge in [0.05, 0.1) is 0 Å². The molecule has 0 aromatic carbocycles. The molecule has 0 radical (unpaired) electrons.